The maximum atomic E-state index is 9.37. The zero-order chi connectivity index (χ0) is 11.1. The summed E-state index contributed by atoms with van der Waals surface area (Å²) in [5, 5.41) is 7.72. The fraction of sp³-hybridized carbons (Fsp3) is 0.875. The molecule has 0 aliphatic carbocycles. The molecule has 3 nitrogen and oxygen atoms in total. The van der Waals surface area contributed by atoms with Crippen LogP contribution >= 0.6 is 0 Å². The highest BCUT2D eigenvalue weighted by Crippen LogP contribution is 2.03. The molecular weight excluding hydrogens is 200 g/mol. The fourth-order valence-corrected chi connectivity index (χ4v) is 6.36. The summed E-state index contributed by atoms with van der Waals surface area (Å²) in [5.74, 6) is -0.745. The first-order valence-corrected chi connectivity index (χ1v) is 10.8. The Bertz CT molecular complexity index is 141. The summed E-state index contributed by atoms with van der Waals surface area (Å²) in [4.78, 5) is 9.37. The second kappa shape index (κ2) is 7.28. The third-order valence-electron chi connectivity index (χ3n) is 0.892. The van der Waals surface area contributed by atoms with Crippen molar-refractivity contribution in [1.82, 2.24) is 0 Å². The Balaban J connectivity index is 0. The summed E-state index contributed by atoms with van der Waals surface area (Å²) in [7, 11) is -1.89. The topological polar surface area (TPSA) is 46.5 Å². The molecular formula is C8H22O3Si2. The predicted molar refractivity (Wildman–Crippen MR) is 61.2 cm³/mol. The molecule has 13 heavy (non-hydrogen) atoms. The Morgan fingerprint density at radius 2 is 1.69 bits per heavy atom. The molecule has 0 saturated heterocycles. The Morgan fingerprint density at radius 1 is 1.38 bits per heavy atom. The Kier molecular flexibility index (Phi) is 8.60. The first kappa shape index (κ1) is 15.3. The zero-order valence-electron chi connectivity index (χ0n) is 9.55. The molecule has 0 aliphatic heterocycles. The van der Waals surface area contributed by atoms with Gasteiger partial charge in [0.05, 0.1) is 0 Å². The van der Waals surface area contributed by atoms with Crippen molar-refractivity contribution in [2.24, 2.45) is 0 Å². The third kappa shape index (κ3) is 24.5. The molecule has 0 aliphatic rings. The second-order valence-electron chi connectivity index (χ2n) is 4.03. The fourth-order valence-electron chi connectivity index (χ4n) is 0.707. The SMILES string of the molecule is CCC(=O)O.C[SiH](C)O[Si](C)(C)C. The van der Waals surface area contributed by atoms with Gasteiger partial charge in [0.1, 0.15) is 0 Å². The first-order chi connectivity index (χ1) is 5.69. The zero-order valence-corrected chi connectivity index (χ0v) is 11.7. The number of hydrogen-bond acceptors (Lipinski definition) is 2. The van der Waals surface area contributed by atoms with E-state index in [0.717, 1.165) is 0 Å². The number of rotatable bonds is 3. The molecule has 0 bridgehead atoms. The lowest BCUT2D eigenvalue weighted by Crippen LogP contribution is -2.31. The van der Waals surface area contributed by atoms with Crippen molar-refractivity contribution in [3.8, 4) is 0 Å². The van der Waals surface area contributed by atoms with Gasteiger partial charge in [-0.15, -0.1) is 0 Å². The van der Waals surface area contributed by atoms with Gasteiger partial charge in [0.2, 0.25) is 0 Å². The highest BCUT2D eigenvalue weighted by Gasteiger charge is 2.14. The molecule has 0 rings (SSSR count). The highest BCUT2D eigenvalue weighted by atomic mass is 28.4. The summed E-state index contributed by atoms with van der Waals surface area (Å²) in [5.41, 5.74) is 0. The van der Waals surface area contributed by atoms with Gasteiger partial charge in [-0.25, -0.2) is 0 Å². The van der Waals surface area contributed by atoms with Crippen LogP contribution in [0.2, 0.25) is 32.7 Å². The first-order valence-electron chi connectivity index (χ1n) is 4.58. The normalized spacial score (nSPS) is 10.7. The number of carbonyl (C=O) groups is 1. The molecule has 0 heterocycles. The van der Waals surface area contributed by atoms with Crippen LogP contribution in [-0.2, 0) is 8.91 Å². The van der Waals surface area contributed by atoms with Gasteiger partial charge in [-0.2, -0.15) is 0 Å². The quantitative estimate of drug-likeness (QED) is 0.745. The summed E-state index contributed by atoms with van der Waals surface area (Å²) < 4.78 is 5.72. The van der Waals surface area contributed by atoms with Crippen LogP contribution in [0.1, 0.15) is 13.3 Å². The molecule has 0 spiro atoms. The summed E-state index contributed by atoms with van der Waals surface area (Å²) in [6.07, 6.45) is 0.222. The predicted octanol–water partition coefficient (Wildman–Crippen LogP) is 2.30. The van der Waals surface area contributed by atoms with E-state index in [1.54, 1.807) is 6.92 Å². The van der Waals surface area contributed by atoms with Crippen LogP contribution in [0.5, 0.6) is 0 Å². The van der Waals surface area contributed by atoms with E-state index >= 15 is 0 Å². The van der Waals surface area contributed by atoms with Crippen molar-refractivity contribution < 1.29 is 14.0 Å². The van der Waals surface area contributed by atoms with E-state index < -0.39 is 23.3 Å². The largest absolute Gasteiger partial charge is 0.481 e. The van der Waals surface area contributed by atoms with E-state index in [1.807, 2.05) is 0 Å². The molecule has 0 saturated carbocycles. The lowest BCUT2D eigenvalue weighted by atomic mass is 10.5. The van der Waals surface area contributed by atoms with Crippen molar-refractivity contribution >= 4 is 23.3 Å². The van der Waals surface area contributed by atoms with Crippen LogP contribution in [0.15, 0.2) is 0 Å². The van der Waals surface area contributed by atoms with Gasteiger partial charge in [0.25, 0.3) is 0 Å². The van der Waals surface area contributed by atoms with Gasteiger partial charge in [-0.3, -0.25) is 4.79 Å². The van der Waals surface area contributed by atoms with Gasteiger partial charge in [0, 0.05) is 6.42 Å². The van der Waals surface area contributed by atoms with Crippen LogP contribution in [0, 0.1) is 0 Å². The monoisotopic (exact) mass is 222 g/mol. The summed E-state index contributed by atoms with van der Waals surface area (Å²) >= 11 is 0. The van der Waals surface area contributed by atoms with Crippen LogP contribution in [0.25, 0.3) is 0 Å². The molecule has 80 valence electrons. The van der Waals surface area contributed by atoms with Crippen molar-refractivity contribution in [2.75, 3.05) is 0 Å². The van der Waals surface area contributed by atoms with Crippen LogP contribution in [0.3, 0.4) is 0 Å². The van der Waals surface area contributed by atoms with E-state index in [4.69, 9.17) is 9.22 Å². The minimum absolute atomic E-state index is 0.222. The number of hydrogen-bond donors (Lipinski definition) is 1. The molecule has 0 aromatic rings. The van der Waals surface area contributed by atoms with Crippen molar-refractivity contribution in [3.05, 3.63) is 0 Å². The van der Waals surface area contributed by atoms with E-state index in [2.05, 4.69) is 32.7 Å². The van der Waals surface area contributed by atoms with E-state index in [1.165, 1.54) is 0 Å². The number of carboxylic acid groups (broad SMARTS) is 1. The Morgan fingerprint density at radius 3 is 1.69 bits per heavy atom. The maximum Gasteiger partial charge on any atom is 0.303 e. The minimum atomic E-state index is -1.16. The standard InChI is InChI=1S/C5H16OSi2.C3H6O2/c1-7(2)6-8(3,4)5;1-2-3(4)5/h7H,1-5H3;2H2,1H3,(H,4,5). The minimum Gasteiger partial charge on any atom is -0.481 e. The van der Waals surface area contributed by atoms with Crippen LogP contribution < -0.4 is 0 Å². The Labute approximate surface area is 84.0 Å². The van der Waals surface area contributed by atoms with Crippen molar-refractivity contribution in [1.29, 1.82) is 0 Å². The van der Waals surface area contributed by atoms with Crippen LogP contribution in [-0.4, -0.2) is 28.4 Å². The molecule has 1 N–H and O–H groups in total. The van der Waals surface area contributed by atoms with Crippen molar-refractivity contribution in [2.45, 2.75) is 46.1 Å². The molecule has 0 fully saturated rings. The van der Waals surface area contributed by atoms with Gasteiger partial charge in [0.15, 0.2) is 17.4 Å². The van der Waals surface area contributed by atoms with Crippen molar-refractivity contribution in [3.63, 3.8) is 0 Å². The highest BCUT2D eigenvalue weighted by molar-refractivity contribution is 6.76. The smallest absolute Gasteiger partial charge is 0.303 e. The summed E-state index contributed by atoms with van der Waals surface area (Å²) in [6.45, 7) is 12.7. The molecule has 0 radical (unpaired) electrons. The van der Waals surface area contributed by atoms with Gasteiger partial charge in [-0.1, -0.05) is 6.92 Å². The van der Waals surface area contributed by atoms with Gasteiger partial charge >= 0.3 is 5.97 Å². The molecule has 5 heteroatoms. The maximum absolute atomic E-state index is 9.37. The lowest BCUT2D eigenvalue weighted by Gasteiger charge is -2.19. The summed E-state index contributed by atoms with van der Waals surface area (Å²) in [6, 6.07) is 0. The molecule has 0 unspecified atom stereocenters. The molecule has 0 aromatic carbocycles. The number of aliphatic carboxylic acids is 1. The third-order valence-corrected chi connectivity index (χ3v) is 5.61. The van der Waals surface area contributed by atoms with E-state index in [-0.39, 0.29) is 6.42 Å². The van der Waals surface area contributed by atoms with E-state index in [9.17, 15) is 4.79 Å². The average molecular weight is 222 g/mol. The average Bonchev–Trinajstić information content (AvgIpc) is 1.83. The molecule has 0 amide bonds. The van der Waals surface area contributed by atoms with E-state index in [0.29, 0.717) is 0 Å². The number of carboxylic acids is 1. The second-order valence-corrected chi connectivity index (χ2v) is 11.3. The van der Waals surface area contributed by atoms with Gasteiger partial charge in [-0.05, 0) is 32.7 Å². The molecule has 0 aromatic heterocycles. The Hall–Kier alpha value is -0.136. The molecule has 0 atom stereocenters. The lowest BCUT2D eigenvalue weighted by molar-refractivity contribution is -0.136. The van der Waals surface area contributed by atoms with Crippen LogP contribution in [0.4, 0.5) is 0 Å². The van der Waals surface area contributed by atoms with Gasteiger partial charge < -0.3 is 9.22 Å².